The highest BCUT2D eigenvalue weighted by atomic mass is 19.1. The summed E-state index contributed by atoms with van der Waals surface area (Å²) >= 11 is 0. The molecule has 12 heavy (non-hydrogen) atoms. The minimum atomic E-state index is -0.493. The van der Waals surface area contributed by atoms with Crippen LogP contribution in [0, 0.1) is 5.92 Å². The molecule has 1 aliphatic heterocycles. The normalized spacial score (nSPS) is 28.8. The zero-order valence-corrected chi connectivity index (χ0v) is 7.27. The Morgan fingerprint density at radius 3 is 3.00 bits per heavy atom. The van der Waals surface area contributed by atoms with Crippen molar-refractivity contribution in [3.05, 3.63) is 0 Å². The second-order valence-electron chi connectivity index (χ2n) is 3.18. The van der Waals surface area contributed by atoms with E-state index in [0.29, 0.717) is 5.92 Å². The van der Waals surface area contributed by atoms with Crippen LogP contribution >= 0.6 is 0 Å². The molecule has 0 aliphatic carbocycles. The third-order valence-corrected chi connectivity index (χ3v) is 2.21. The van der Waals surface area contributed by atoms with Crippen LogP contribution in [0.15, 0.2) is 0 Å². The van der Waals surface area contributed by atoms with Crippen molar-refractivity contribution < 1.29 is 9.18 Å². The summed E-state index contributed by atoms with van der Waals surface area (Å²) in [5.41, 5.74) is 0. The summed E-state index contributed by atoms with van der Waals surface area (Å²) in [4.78, 5) is 11.3. The first-order valence-corrected chi connectivity index (χ1v) is 4.32. The first-order valence-electron chi connectivity index (χ1n) is 4.32. The molecule has 70 valence electrons. The van der Waals surface area contributed by atoms with E-state index in [2.05, 4.69) is 10.6 Å². The van der Waals surface area contributed by atoms with E-state index in [1.807, 2.05) is 6.92 Å². The number of rotatable bonds is 3. The summed E-state index contributed by atoms with van der Waals surface area (Å²) in [7, 11) is 0. The van der Waals surface area contributed by atoms with Crippen LogP contribution in [-0.2, 0) is 4.79 Å². The van der Waals surface area contributed by atoms with Gasteiger partial charge in [0.15, 0.2) is 0 Å². The molecule has 2 N–H and O–H groups in total. The number of nitrogens with one attached hydrogen (secondary N) is 2. The standard InChI is InChI=1S/C8H15FN2O/c1-6-2-4-10-7(6)8(12)11-5-3-9/h6-7,10H,2-5H2,1H3,(H,11,12). The van der Waals surface area contributed by atoms with Gasteiger partial charge in [0, 0.05) is 6.54 Å². The molecule has 0 aromatic carbocycles. The highest BCUT2D eigenvalue weighted by molar-refractivity contribution is 5.82. The quantitative estimate of drug-likeness (QED) is 0.635. The first kappa shape index (κ1) is 9.45. The Kier molecular flexibility index (Phi) is 3.47. The minimum Gasteiger partial charge on any atom is -0.352 e. The summed E-state index contributed by atoms with van der Waals surface area (Å²) in [6.07, 6.45) is 1.02. The van der Waals surface area contributed by atoms with Gasteiger partial charge in [-0.3, -0.25) is 4.79 Å². The Morgan fingerprint density at radius 2 is 2.50 bits per heavy atom. The van der Waals surface area contributed by atoms with Gasteiger partial charge in [0.2, 0.25) is 5.91 Å². The van der Waals surface area contributed by atoms with Gasteiger partial charge >= 0.3 is 0 Å². The third-order valence-electron chi connectivity index (χ3n) is 2.21. The number of hydrogen-bond donors (Lipinski definition) is 2. The SMILES string of the molecule is CC1CCNC1C(=O)NCCF. The molecule has 2 unspecified atom stereocenters. The lowest BCUT2D eigenvalue weighted by Gasteiger charge is -2.14. The fourth-order valence-electron chi connectivity index (χ4n) is 1.47. The van der Waals surface area contributed by atoms with E-state index in [1.54, 1.807) is 0 Å². The lowest BCUT2D eigenvalue weighted by atomic mass is 10.0. The number of amides is 1. The third kappa shape index (κ3) is 2.17. The Bertz CT molecular complexity index is 163. The molecular weight excluding hydrogens is 159 g/mol. The molecule has 0 radical (unpaired) electrons. The molecule has 0 bridgehead atoms. The Morgan fingerprint density at radius 1 is 1.75 bits per heavy atom. The zero-order valence-electron chi connectivity index (χ0n) is 7.27. The Hall–Kier alpha value is -0.640. The van der Waals surface area contributed by atoms with Gasteiger partial charge in [0.25, 0.3) is 0 Å². The average Bonchev–Trinajstić information content (AvgIpc) is 2.47. The number of hydrogen-bond acceptors (Lipinski definition) is 2. The van der Waals surface area contributed by atoms with Crippen LogP contribution in [0.3, 0.4) is 0 Å². The average molecular weight is 174 g/mol. The summed E-state index contributed by atoms with van der Waals surface area (Å²) < 4.78 is 11.7. The molecular formula is C8H15FN2O. The molecule has 1 aliphatic rings. The maximum atomic E-state index is 11.7. The van der Waals surface area contributed by atoms with Gasteiger partial charge in [-0.2, -0.15) is 0 Å². The molecule has 0 aromatic heterocycles. The highest BCUT2D eigenvalue weighted by Gasteiger charge is 2.28. The molecule has 4 heteroatoms. The van der Waals surface area contributed by atoms with Crippen LogP contribution in [-0.4, -0.2) is 31.7 Å². The van der Waals surface area contributed by atoms with Gasteiger partial charge in [-0.15, -0.1) is 0 Å². The lowest BCUT2D eigenvalue weighted by Crippen LogP contribution is -2.43. The van der Waals surface area contributed by atoms with Crippen LogP contribution in [0.2, 0.25) is 0 Å². The van der Waals surface area contributed by atoms with E-state index >= 15 is 0 Å². The number of carbonyl (C=O) groups is 1. The van der Waals surface area contributed by atoms with Crippen molar-refractivity contribution in [1.29, 1.82) is 0 Å². The van der Waals surface area contributed by atoms with Crippen molar-refractivity contribution in [3.63, 3.8) is 0 Å². The highest BCUT2D eigenvalue weighted by Crippen LogP contribution is 2.13. The second kappa shape index (κ2) is 4.40. The first-order chi connectivity index (χ1) is 5.75. The zero-order chi connectivity index (χ0) is 8.97. The van der Waals surface area contributed by atoms with E-state index < -0.39 is 6.67 Å². The largest absolute Gasteiger partial charge is 0.352 e. The number of carbonyl (C=O) groups excluding carboxylic acids is 1. The van der Waals surface area contributed by atoms with Gasteiger partial charge in [-0.25, -0.2) is 4.39 Å². The van der Waals surface area contributed by atoms with E-state index in [4.69, 9.17) is 0 Å². The molecule has 3 nitrogen and oxygen atoms in total. The monoisotopic (exact) mass is 174 g/mol. The van der Waals surface area contributed by atoms with E-state index in [1.165, 1.54) is 0 Å². The van der Waals surface area contributed by atoms with Crippen molar-refractivity contribution >= 4 is 5.91 Å². The predicted octanol–water partition coefficient (Wildman–Crippen LogP) is 0.0701. The van der Waals surface area contributed by atoms with Crippen LogP contribution in [0.1, 0.15) is 13.3 Å². The predicted molar refractivity (Wildman–Crippen MR) is 44.6 cm³/mol. The molecule has 1 rings (SSSR count). The molecule has 0 saturated carbocycles. The topological polar surface area (TPSA) is 41.1 Å². The van der Waals surface area contributed by atoms with E-state index in [0.717, 1.165) is 13.0 Å². The lowest BCUT2D eigenvalue weighted by molar-refractivity contribution is -0.123. The van der Waals surface area contributed by atoms with Crippen LogP contribution in [0.4, 0.5) is 4.39 Å². The molecule has 1 amide bonds. The summed E-state index contributed by atoms with van der Waals surface area (Å²) in [6, 6.07) is -0.114. The summed E-state index contributed by atoms with van der Waals surface area (Å²) in [6.45, 7) is 2.55. The smallest absolute Gasteiger partial charge is 0.237 e. The second-order valence-corrected chi connectivity index (χ2v) is 3.18. The fourth-order valence-corrected chi connectivity index (χ4v) is 1.47. The van der Waals surface area contributed by atoms with Gasteiger partial charge in [-0.05, 0) is 18.9 Å². The van der Waals surface area contributed by atoms with Crippen molar-refractivity contribution in [2.75, 3.05) is 19.8 Å². The molecule has 0 aromatic rings. The van der Waals surface area contributed by atoms with Crippen LogP contribution in [0.5, 0.6) is 0 Å². The molecule has 1 saturated heterocycles. The molecule has 2 atom stereocenters. The van der Waals surface area contributed by atoms with Crippen molar-refractivity contribution in [1.82, 2.24) is 10.6 Å². The number of halogens is 1. The van der Waals surface area contributed by atoms with E-state index in [-0.39, 0.29) is 18.5 Å². The van der Waals surface area contributed by atoms with Crippen molar-refractivity contribution in [2.24, 2.45) is 5.92 Å². The molecule has 0 spiro atoms. The van der Waals surface area contributed by atoms with E-state index in [9.17, 15) is 9.18 Å². The summed E-state index contributed by atoms with van der Waals surface area (Å²) in [5, 5.41) is 5.61. The van der Waals surface area contributed by atoms with Gasteiger partial charge in [0.05, 0.1) is 6.04 Å². The Balaban J connectivity index is 2.30. The maximum absolute atomic E-state index is 11.7. The van der Waals surface area contributed by atoms with Crippen molar-refractivity contribution in [2.45, 2.75) is 19.4 Å². The summed E-state index contributed by atoms with van der Waals surface area (Å²) in [5.74, 6) is 0.294. The van der Waals surface area contributed by atoms with Crippen molar-refractivity contribution in [3.8, 4) is 0 Å². The minimum absolute atomic E-state index is 0.0716. The van der Waals surface area contributed by atoms with Crippen LogP contribution < -0.4 is 10.6 Å². The maximum Gasteiger partial charge on any atom is 0.237 e. The Labute approximate surface area is 71.7 Å². The molecule has 1 fully saturated rings. The van der Waals surface area contributed by atoms with Gasteiger partial charge < -0.3 is 10.6 Å². The van der Waals surface area contributed by atoms with Gasteiger partial charge in [0.1, 0.15) is 6.67 Å². The number of alkyl halides is 1. The molecule has 1 heterocycles. The van der Waals surface area contributed by atoms with Gasteiger partial charge in [-0.1, -0.05) is 6.92 Å². The van der Waals surface area contributed by atoms with Crippen LogP contribution in [0.25, 0.3) is 0 Å². The fraction of sp³-hybridized carbons (Fsp3) is 0.875.